The van der Waals surface area contributed by atoms with Crippen LogP contribution in [0, 0.1) is 13.8 Å². The highest BCUT2D eigenvalue weighted by Crippen LogP contribution is 2.32. The van der Waals surface area contributed by atoms with E-state index in [-0.39, 0.29) is 17.1 Å². The number of allylic oxidation sites excluding steroid dienone is 1. The summed E-state index contributed by atoms with van der Waals surface area (Å²) in [4.78, 5) is 17.1. The van der Waals surface area contributed by atoms with Crippen LogP contribution in [0.4, 0.5) is 13.9 Å². The summed E-state index contributed by atoms with van der Waals surface area (Å²) in [6.07, 6.45) is 1.84. The zero-order chi connectivity index (χ0) is 21.8. The number of aryl methyl sites for hydroxylation is 1. The topological polar surface area (TPSA) is 65.4 Å². The number of ether oxygens (including phenoxy) is 2. The SMILES string of the molecule is C=CCn1c(C)cc(-c2csc(NC(=O)c3ccc(OC(F)F)c(OC)c3)n2)c1C. The highest BCUT2D eigenvalue weighted by molar-refractivity contribution is 7.14. The molecular formula is C21H21F2N3O3S. The lowest BCUT2D eigenvalue weighted by Gasteiger charge is -2.11. The first-order valence-corrected chi connectivity index (χ1v) is 9.89. The maximum atomic E-state index is 12.6. The second kappa shape index (κ2) is 9.08. The number of carbonyl (C=O) groups excluding carboxylic acids is 1. The molecular weight excluding hydrogens is 412 g/mol. The van der Waals surface area contributed by atoms with Gasteiger partial charge in [-0.1, -0.05) is 6.08 Å². The number of hydrogen-bond acceptors (Lipinski definition) is 5. The maximum absolute atomic E-state index is 12.6. The number of nitrogens with one attached hydrogen (secondary N) is 1. The molecule has 0 aliphatic carbocycles. The molecule has 1 N–H and O–H groups in total. The van der Waals surface area contributed by atoms with Crippen LogP contribution in [0.1, 0.15) is 21.7 Å². The summed E-state index contributed by atoms with van der Waals surface area (Å²) in [5, 5.41) is 5.02. The lowest BCUT2D eigenvalue weighted by atomic mass is 10.2. The fourth-order valence-electron chi connectivity index (χ4n) is 3.10. The predicted molar refractivity (Wildman–Crippen MR) is 113 cm³/mol. The average molecular weight is 433 g/mol. The Morgan fingerprint density at radius 1 is 1.33 bits per heavy atom. The van der Waals surface area contributed by atoms with Gasteiger partial charge in [-0.2, -0.15) is 8.78 Å². The molecule has 0 spiro atoms. The normalized spacial score (nSPS) is 10.9. The summed E-state index contributed by atoms with van der Waals surface area (Å²) in [6, 6.07) is 6.03. The van der Waals surface area contributed by atoms with Gasteiger partial charge in [-0.3, -0.25) is 10.1 Å². The Morgan fingerprint density at radius 3 is 2.77 bits per heavy atom. The first-order valence-electron chi connectivity index (χ1n) is 9.01. The number of thiazole rings is 1. The summed E-state index contributed by atoms with van der Waals surface area (Å²) < 4.78 is 36.4. The van der Waals surface area contributed by atoms with E-state index >= 15 is 0 Å². The monoisotopic (exact) mass is 433 g/mol. The zero-order valence-electron chi connectivity index (χ0n) is 16.7. The first-order chi connectivity index (χ1) is 14.3. The van der Waals surface area contributed by atoms with Crippen molar-refractivity contribution in [1.29, 1.82) is 0 Å². The molecule has 6 nitrogen and oxygen atoms in total. The molecule has 0 radical (unpaired) electrons. The number of amides is 1. The van der Waals surface area contributed by atoms with Gasteiger partial charge in [0.1, 0.15) is 0 Å². The number of methoxy groups -OCH3 is 1. The van der Waals surface area contributed by atoms with Gasteiger partial charge in [-0.15, -0.1) is 17.9 Å². The molecule has 1 amide bonds. The standard InChI is InChI=1S/C21H21F2N3O3S/c1-5-8-26-12(2)9-15(13(26)3)16-11-30-21(24-16)25-19(27)14-6-7-17(29-20(22)23)18(10-14)28-4/h5-7,9-11,20H,1,8H2,2-4H3,(H,24,25,27). The molecule has 0 saturated heterocycles. The molecule has 2 aromatic heterocycles. The Labute approximate surface area is 176 Å². The molecule has 0 unspecified atom stereocenters. The van der Waals surface area contributed by atoms with Crippen molar-refractivity contribution in [2.24, 2.45) is 0 Å². The average Bonchev–Trinajstić information content (AvgIpc) is 3.27. The van der Waals surface area contributed by atoms with Crippen LogP contribution >= 0.6 is 11.3 Å². The fourth-order valence-corrected chi connectivity index (χ4v) is 3.80. The summed E-state index contributed by atoms with van der Waals surface area (Å²) >= 11 is 1.30. The van der Waals surface area contributed by atoms with Gasteiger partial charge in [0.15, 0.2) is 16.6 Å². The van der Waals surface area contributed by atoms with Crippen LogP contribution in [-0.4, -0.2) is 29.2 Å². The molecule has 158 valence electrons. The van der Waals surface area contributed by atoms with Gasteiger partial charge in [-0.25, -0.2) is 4.98 Å². The summed E-state index contributed by atoms with van der Waals surface area (Å²) in [5.41, 5.74) is 4.14. The van der Waals surface area contributed by atoms with Gasteiger partial charge in [0.2, 0.25) is 0 Å². The first kappa shape index (κ1) is 21.5. The number of anilines is 1. The van der Waals surface area contributed by atoms with E-state index in [0.29, 0.717) is 11.7 Å². The summed E-state index contributed by atoms with van der Waals surface area (Å²) in [7, 11) is 1.31. The van der Waals surface area contributed by atoms with Gasteiger partial charge in [0.25, 0.3) is 5.91 Å². The molecule has 0 saturated carbocycles. The highest BCUT2D eigenvalue weighted by atomic mass is 32.1. The predicted octanol–water partition coefficient (Wildman–Crippen LogP) is 5.28. The van der Waals surface area contributed by atoms with Crippen LogP contribution < -0.4 is 14.8 Å². The third kappa shape index (κ3) is 4.51. The molecule has 1 aromatic carbocycles. The van der Waals surface area contributed by atoms with E-state index in [9.17, 15) is 13.6 Å². The maximum Gasteiger partial charge on any atom is 0.387 e. The number of carbonyl (C=O) groups is 1. The second-order valence-corrected chi connectivity index (χ2v) is 7.28. The van der Waals surface area contributed by atoms with E-state index in [2.05, 4.69) is 26.2 Å². The van der Waals surface area contributed by atoms with Crippen molar-refractivity contribution in [2.45, 2.75) is 27.0 Å². The van der Waals surface area contributed by atoms with Crippen LogP contribution in [-0.2, 0) is 6.54 Å². The Bertz CT molecular complexity index is 1080. The number of nitrogens with zero attached hydrogens (tertiary/aromatic N) is 2. The molecule has 0 aliphatic heterocycles. The largest absolute Gasteiger partial charge is 0.493 e. The van der Waals surface area contributed by atoms with Gasteiger partial charge in [0, 0.05) is 34.4 Å². The number of alkyl halides is 2. The molecule has 2 heterocycles. The number of aromatic nitrogens is 2. The molecule has 3 aromatic rings. The van der Waals surface area contributed by atoms with E-state index in [1.807, 2.05) is 31.4 Å². The number of benzene rings is 1. The number of halogens is 2. The van der Waals surface area contributed by atoms with E-state index in [1.165, 1.54) is 36.6 Å². The highest BCUT2D eigenvalue weighted by Gasteiger charge is 2.17. The molecule has 0 aliphatic rings. The van der Waals surface area contributed by atoms with E-state index in [4.69, 9.17) is 4.74 Å². The van der Waals surface area contributed by atoms with E-state index in [1.54, 1.807) is 0 Å². The van der Waals surface area contributed by atoms with Gasteiger partial charge in [-0.05, 0) is 38.1 Å². The molecule has 0 fully saturated rings. The third-order valence-corrected chi connectivity index (χ3v) is 5.29. The summed E-state index contributed by atoms with van der Waals surface area (Å²) in [6.45, 7) is 5.53. The van der Waals surface area contributed by atoms with Gasteiger partial charge >= 0.3 is 6.61 Å². The Hall–Kier alpha value is -3.20. The lowest BCUT2D eigenvalue weighted by Crippen LogP contribution is -2.12. The van der Waals surface area contributed by atoms with Crippen molar-refractivity contribution in [1.82, 2.24) is 9.55 Å². The van der Waals surface area contributed by atoms with Crippen LogP contribution in [0.5, 0.6) is 11.5 Å². The molecule has 0 atom stereocenters. The van der Waals surface area contributed by atoms with Gasteiger partial charge < -0.3 is 14.0 Å². The van der Waals surface area contributed by atoms with Crippen molar-refractivity contribution >= 4 is 22.4 Å². The number of rotatable bonds is 8. The zero-order valence-corrected chi connectivity index (χ0v) is 17.6. The van der Waals surface area contributed by atoms with E-state index < -0.39 is 12.5 Å². The minimum Gasteiger partial charge on any atom is -0.493 e. The minimum atomic E-state index is -2.99. The van der Waals surface area contributed by atoms with Crippen LogP contribution in [0.3, 0.4) is 0 Å². The smallest absolute Gasteiger partial charge is 0.387 e. The van der Waals surface area contributed by atoms with Crippen molar-refractivity contribution in [3.05, 3.63) is 59.3 Å². The van der Waals surface area contributed by atoms with Crippen LogP contribution in [0.15, 0.2) is 42.3 Å². The third-order valence-electron chi connectivity index (χ3n) is 4.53. The number of hydrogen-bond donors (Lipinski definition) is 1. The summed E-state index contributed by atoms with van der Waals surface area (Å²) in [5.74, 6) is -0.539. The quantitative estimate of drug-likeness (QED) is 0.491. The Kier molecular flexibility index (Phi) is 6.51. The Balaban J connectivity index is 1.79. The molecule has 0 bridgehead atoms. The van der Waals surface area contributed by atoms with Crippen molar-refractivity contribution in [2.75, 3.05) is 12.4 Å². The van der Waals surface area contributed by atoms with Crippen molar-refractivity contribution in [3.63, 3.8) is 0 Å². The molecule has 9 heteroatoms. The Morgan fingerprint density at radius 2 is 2.10 bits per heavy atom. The van der Waals surface area contributed by atoms with Crippen LogP contribution in [0.2, 0.25) is 0 Å². The van der Waals surface area contributed by atoms with Gasteiger partial charge in [0.05, 0.1) is 12.8 Å². The van der Waals surface area contributed by atoms with E-state index in [0.717, 1.165) is 22.6 Å². The van der Waals surface area contributed by atoms with Crippen molar-refractivity contribution in [3.8, 4) is 22.8 Å². The minimum absolute atomic E-state index is 0.0393. The second-order valence-electron chi connectivity index (χ2n) is 6.42. The molecule has 3 rings (SSSR count). The fraction of sp³-hybridized carbons (Fsp3) is 0.238. The van der Waals surface area contributed by atoms with Crippen LogP contribution in [0.25, 0.3) is 11.3 Å². The lowest BCUT2D eigenvalue weighted by molar-refractivity contribution is -0.0512. The molecule has 30 heavy (non-hydrogen) atoms. The van der Waals surface area contributed by atoms with Crippen molar-refractivity contribution < 1.29 is 23.0 Å².